The molecule has 0 spiro atoms. The van der Waals surface area contributed by atoms with Crippen LogP contribution in [-0.2, 0) is 14.3 Å². The van der Waals surface area contributed by atoms with Gasteiger partial charge in [0.2, 0.25) is 0 Å². The second-order valence-electron chi connectivity index (χ2n) is 6.33. The normalized spacial score (nSPS) is 13.3. The van der Waals surface area contributed by atoms with Crippen LogP contribution in [0.5, 0.6) is 0 Å². The third kappa shape index (κ3) is 13.4. The Kier molecular flexibility index (Phi) is 9.71. The predicted molar refractivity (Wildman–Crippen MR) is 82.9 cm³/mol. The van der Waals surface area contributed by atoms with Crippen molar-refractivity contribution in [1.29, 1.82) is 0 Å². The summed E-state index contributed by atoms with van der Waals surface area (Å²) in [6.07, 6.45) is 7.66. The van der Waals surface area contributed by atoms with E-state index in [4.69, 9.17) is 9.84 Å². The average Bonchev–Trinajstić information content (AvgIpc) is 2.30. The number of carboxylic acids is 1. The van der Waals surface area contributed by atoms with Gasteiger partial charge in [0.15, 0.2) is 6.10 Å². The molecular formula is C16H30NO4+. The lowest BCUT2D eigenvalue weighted by Crippen LogP contribution is -2.43. The number of hydrogen-bond acceptors (Lipinski definition) is 3. The first-order valence-corrected chi connectivity index (χ1v) is 7.61. The van der Waals surface area contributed by atoms with Gasteiger partial charge in [-0.15, -0.1) is 0 Å². The number of rotatable bonds is 11. The Morgan fingerprint density at radius 2 is 1.81 bits per heavy atom. The first-order valence-electron chi connectivity index (χ1n) is 7.61. The van der Waals surface area contributed by atoms with Gasteiger partial charge in [0.05, 0.1) is 27.6 Å². The number of carbonyl (C=O) groups is 2. The van der Waals surface area contributed by atoms with E-state index in [1.54, 1.807) is 0 Å². The van der Waals surface area contributed by atoms with Crippen LogP contribution in [0, 0.1) is 0 Å². The van der Waals surface area contributed by atoms with Crippen molar-refractivity contribution >= 4 is 11.9 Å². The molecule has 0 fully saturated rings. The van der Waals surface area contributed by atoms with Crippen LogP contribution in [0.2, 0.25) is 0 Å². The number of esters is 1. The van der Waals surface area contributed by atoms with Gasteiger partial charge in [-0.3, -0.25) is 9.59 Å². The summed E-state index contributed by atoms with van der Waals surface area (Å²) >= 11 is 0. The van der Waals surface area contributed by atoms with E-state index >= 15 is 0 Å². The quantitative estimate of drug-likeness (QED) is 0.276. The summed E-state index contributed by atoms with van der Waals surface area (Å²) in [5.41, 5.74) is 0. The third-order valence-electron chi connectivity index (χ3n) is 2.86. The fraction of sp³-hybridized carbons (Fsp3) is 0.750. The van der Waals surface area contributed by atoms with E-state index in [9.17, 15) is 9.59 Å². The van der Waals surface area contributed by atoms with Gasteiger partial charge in [0, 0.05) is 6.42 Å². The van der Waals surface area contributed by atoms with E-state index in [0.717, 1.165) is 19.3 Å². The molecule has 1 atom stereocenters. The lowest BCUT2D eigenvalue weighted by atomic mass is 10.2. The molecule has 0 rings (SSSR count). The monoisotopic (exact) mass is 300 g/mol. The Labute approximate surface area is 128 Å². The van der Waals surface area contributed by atoms with E-state index in [2.05, 4.69) is 13.0 Å². The molecule has 0 aliphatic carbocycles. The van der Waals surface area contributed by atoms with Crippen molar-refractivity contribution in [2.75, 3.05) is 27.7 Å². The molecule has 1 unspecified atom stereocenters. The number of hydrogen-bond donors (Lipinski definition) is 1. The van der Waals surface area contributed by atoms with Gasteiger partial charge < -0.3 is 14.3 Å². The van der Waals surface area contributed by atoms with Crippen molar-refractivity contribution < 1.29 is 23.9 Å². The zero-order valence-corrected chi connectivity index (χ0v) is 13.8. The number of quaternary nitrogens is 1. The first kappa shape index (κ1) is 19.6. The molecule has 5 heteroatoms. The number of ether oxygens (including phenoxy) is 1. The fourth-order valence-electron chi connectivity index (χ4n) is 1.95. The highest BCUT2D eigenvalue weighted by Gasteiger charge is 2.24. The maximum absolute atomic E-state index is 11.8. The maximum Gasteiger partial charge on any atom is 0.307 e. The molecule has 21 heavy (non-hydrogen) atoms. The number of allylic oxidation sites excluding steroid dienone is 2. The molecule has 0 radical (unpaired) electrons. The molecule has 5 nitrogen and oxygen atoms in total. The van der Waals surface area contributed by atoms with Crippen LogP contribution in [0.25, 0.3) is 0 Å². The highest BCUT2D eigenvalue weighted by atomic mass is 16.5. The molecule has 0 bridgehead atoms. The topological polar surface area (TPSA) is 63.6 Å². The summed E-state index contributed by atoms with van der Waals surface area (Å²) in [4.78, 5) is 22.6. The molecule has 0 aliphatic rings. The summed E-state index contributed by atoms with van der Waals surface area (Å²) in [5, 5.41) is 8.88. The Morgan fingerprint density at radius 1 is 1.19 bits per heavy atom. The smallest absolute Gasteiger partial charge is 0.307 e. The summed E-state index contributed by atoms with van der Waals surface area (Å²) in [5.74, 6) is -1.27. The molecule has 0 aliphatic heterocycles. The van der Waals surface area contributed by atoms with E-state index in [-0.39, 0.29) is 12.4 Å². The van der Waals surface area contributed by atoms with Gasteiger partial charge in [-0.1, -0.05) is 31.9 Å². The second-order valence-corrected chi connectivity index (χ2v) is 6.33. The Hall–Kier alpha value is -1.36. The van der Waals surface area contributed by atoms with Crippen LogP contribution in [0.3, 0.4) is 0 Å². The van der Waals surface area contributed by atoms with Crippen molar-refractivity contribution in [3.05, 3.63) is 12.2 Å². The number of nitrogens with zero attached hydrogens (tertiary/aromatic N) is 1. The van der Waals surface area contributed by atoms with Crippen LogP contribution in [0.15, 0.2) is 12.2 Å². The van der Waals surface area contributed by atoms with Gasteiger partial charge in [0.25, 0.3) is 0 Å². The number of aliphatic carboxylic acids is 1. The van der Waals surface area contributed by atoms with Crippen molar-refractivity contribution in [2.45, 2.75) is 51.6 Å². The van der Waals surface area contributed by atoms with E-state index in [1.807, 2.05) is 27.2 Å². The molecule has 0 saturated carbocycles. The largest absolute Gasteiger partial charge is 0.481 e. The zero-order chi connectivity index (χ0) is 16.3. The second kappa shape index (κ2) is 10.4. The lowest BCUT2D eigenvalue weighted by Gasteiger charge is -2.28. The summed E-state index contributed by atoms with van der Waals surface area (Å²) in [6, 6.07) is 0. The van der Waals surface area contributed by atoms with E-state index in [0.29, 0.717) is 23.9 Å². The van der Waals surface area contributed by atoms with Crippen molar-refractivity contribution in [3.63, 3.8) is 0 Å². The molecule has 0 aromatic carbocycles. The van der Waals surface area contributed by atoms with Gasteiger partial charge in [0.1, 0.15) is 6.54 Å². The summed E-state index contributed by atoms with van der Waals surface area (Å²) < 4.78 is 5.85. The van der Waals surface area contributed by atoms with Crippen molar-refractivity contribution in [3.8, 4) is 0 Å². The van der Waals surface area contributed by atoms with Crippen LogP contribution in [-0.4, -0.2) is 55.3 Å². The molecule has 0 heterocycles. The molecular weight excluding hydrogens is 270 g/mol. The maximum atomic E-state index is 11.8. The minimum atomic E-state index is -0.944. The van der Waals surface area contributed by atoms with Crippen LogP contribution < -0.4 is 0 Å². The fourth-order valence-corrected chi connectivity index (χ4v) is 1.95. The Balaban J connectivity index is 4.15. The number of carbonyl (C=O) groups excluding carboxylic acids is 1. The van der Waals surface area contributed by atoms with Crippen molar-refractivity contribution in [2.24, 2.45) is 0 Å². The third-order valence-corrected chi connectivity index (χ3v) is 2.86. The highest BCUT2D eigenvalue weighted by molar-refractivity contribution is 5.71. The van der Waals surface area contributed by atoms with Gasteiger partial charge in [-0.25, -0.2) is 0 Å². The lowest BCUT2D eigenvalue weighted by molar-refractivity contribution is -0.873. The molecule has 0 aromatic heterocycles. The number of carboxylic acid groups (broad SMARTS) is 1. The van der Waals surface area contributed by atoms with Gasteiger partial charge >= 0.3 is 11.9 Å². The van der Waals surface area contributed by atoms with E-state index < -0.39 is 12.1 Å². The first-order chi connectivity index (χ1) is 9.74. The van der Waals surface area contributed by atoms with Crippen LogP contribution in [0.4, 0.5) is 0 Å². The highest BCUT2D eigenvalue weighted by Crippen LogP contribution is 2.08. The predicted octanol–water partition coefficient (Wildman–Crippen LogP) is 2.61. The molecule has 0 aromatic rings. The zero-order valence-electron chi connectivity index (χ0n) is 13.8. The summed E-state index contributed by atoms with van der Waals surface area (Å²) in [6.45, 7) is 2.63. The average molecular weight is 300 g/mol. The molecule has 1 N–H and O–H groups in total. The van der Waals surface area contributed by atoms with E-state index in [1.165, 1.54) is 0 Å². The summed E-state index contributed by atoms with van der Waals surface area (Å²) in [7, 11) is 5.83. The molecule has 0 saturated heterocycles. The minimum Gasteiger partial charge on any atom is -0.481 e. The van der Waals surface area contributed by atoms with Gasteiger partial charge in [-0.2, -0.15) is 0 Å². The van der Waals surface area contributed by atoms with Crippen LogP contribution >= 0.6 is 0 Å². The SMILES string of the molecule is CCCC/C=C/CCC(=O)OC(CC(=O)O)C[N+](C)(C)C. The van der Waals surface area contributed by atoms with Crippen molar-refractivity contribution in [1.82, 2.24) is 0 Å². The number of likely N-dealkylation sites (N-methyl/N-ethyl adjacent to an activating group) is 1. The molecule has 0 amide bonds. The Morgan fingerprint density at radius 3 is 2.33 bits per heavy atom. The molecule has 122 valence electrons. The number of unbranched alkanes of at least 4 members (excludes halogenated alkanes) is 2. The van der Waals surface area contributed by atoms with Gasteiger partial charge in [-0.05, 0) is 12.8 Å². The standard InChI is InChI=1S/C16H29NO4/c1-5-6-7-8-9-10-11-16(20)21-14(12-15(18)19)13-17(2,3)4/h8-9,14H,5-7,10-13H2,1-4H3/p+1/b9-8+. The van der Waals surface area contributed by atoms with Crippen LogP contribution in [0.1, 0.15) is 45.4 Å². The Bertz CT molecular complexity index is 345. The minimum absolute atomic E-state index is 0.145.